The fraction of sp³-hybridized carbons (Fsp3) is 0.545. The lowest BCUT2D eigenvalue weighted by Crippen LogP contribution is -2.63. The molecule has 3 aliphatic rings. The third-order valence-electron chi connectivity index (χ3n) is 9.56. The summed E-state index contributed by atoms with van der Waals surface area (Å²) >= 11 is 0. The second kappa shape index (κ2) is 11.6. The summed E-state index contributed by atoms with van der Waals surface area (Å²) in [6, 6.07) is 8.03. The van der Waals surface area contributed by atoms with Crippen LogP contribution in [0.1, 0.15) is 71.7 Å². The summed E-state index contributed by atoms with van der Waals surface area (Å²) in [5.41, 5.74) is -4.63. The molecule has 44 heavy (non-hydrogen) atoms. The van der Waals surface area contributed by atoms with Gasteiger partial charge in [0, 0.05) is 39.5 Å². The van der Waals surface area contributed by atoms with Crippen LogP contribution in [-0.2, 0) is 38.1 Å². The van der Waals surface area contributed by atoms with E-state index in [0.29, 0.717) is 0 Å². The van der Waals surface area contributed by atoms with Gasteiger partial charge in [0.2, 0.25) is 0 Å². The Balaban J connectivity index is 2.17. The van der Waals surface area contributed by atoms with E-state index in [1.807, 2.05) is 0 Å². The summed E-state index contributed by atoms with van der Waals surface area (Å²) in [4.78, 5) is 65.5. The second-order valence-corrected chi connectivity index (χ2v) is 12.7. The lowest BCUT2D eigenvalue weighted by Gasteiger charge is -2.55. The summed E-state index contributed by atoms with van der Waals surface area (Å²) in [6.07, 6.45) is -7.40. The predicted molar refractivity (Wildman–Crippen MR) is 155 cm³/mol. The Labute approximate surface area is 256 Å². The number of allylic oxidation sites excluding steroid dienone is 1. The largest absolute Gasteiger partial charge is 0.462 e. The molecule has 0 aliphatic heterocycles. The van der Waals surface area contributed by atoms with E-state index < -0.39 is 82.5 Å². The maximum atomic E-state index is 13.7. The zero-order chi connectivity index (χ0) is 32.9. The molecule has 3 aliphatic carbocycles. The molecule has 0 saturated heterocycles. The third-order valence-corrected chi connectivity index (χ3v) is 9.56. The molecule has 2 fully saturated rings. The first kappa shape index (κ1) is 33.1. The van der Waals surface area contributed by atoms with Crippen LogP contribution in [0, 0.1) is 16.7 Å². The maximum absolute atomic E-state index is 13.7. The van der Waals surface area contributed by atoms with E-state index in [9.17, 15) is 34.2 Å². The van der Waals surface area contributed by atoms with Gasteiger partial charge in [-0.25, -0.2) is 4.79 Å². The maximum Gasteiger partial charge on any atom is 0.338 e. The summed E-state index contributed by atoms with van der Waals surface area (Å²) < 4.78 is 24.0. The van der Waals surface area contributed by atoms with E-state index in [1.165, 1.54) is 39.8 Å². The highest BCUT2D eigenvalue weighted by atomic mass is 16.6. The molecule has 11 nitrogen and oxygen atoms in total. The number of aliphatic hydroxyl groups is 2. The predicted octanol–water partition coefficient (Wildman–Crippen LogP) is 3.01. The molecule has 0 radical (unpaired) electrons. The van der Waals surface area contributed by atoms with Gasteiger partial charge in [0.1, 0.15) is 12.2 Å². The van der Waals surface area contributed by atoms with Crippen LogP contribution in [-0.4, -0.2) is 76.0 Å². The molecular formula is C33H40O11. The van der Waals surface area contributed by atoms with Gasteiger partial charge in [0.15, 0.2) is 18.0 Å². The van der Waals surface area contributed by atoms with Crippen molar-refractivity contribution in [1.29, 1.82) is 0 Å². The monoisotopic (exact) mass is 612 g/mol. The van der Waals surface area contributed by atoms with Gasteiger partial charge in [0.05, 0.1) is 28.1 Å². The van der Waals surface area contributed by atoms with Gasteiger partial charge in [-0.15, -0.1) is 0 Å². The normalized spacial score (nSPS) is 33.5. The zero-order valence-electron chi connectivity index (χ0n) is 26.0. The number of fused-ring (bicyclic) bond motifs is 2. The highest BCUT2D eigenvalue weighted by molar-refractivity contribution is 6.00. The minimum atomic E-state index is -1.83. The van der Waals surface area contributed by atoms with Crippen molar-refractivity contribution in [3.8, 4) is 0 Å². The van der Waals surface area contributed by atoms with Crippen molar-refractivity contribution < 1.29 is 53.1 Å². The molecular weight excluding hydrogens is 572 g/mol. The lowest BCUT2D eigenvalue weighted by atomic mass is 9.54. The number of esters is 4. The fourth-order valence-corrected chi connectivity index (χ4v) is 7.61. The molecule has 0 heterocycles. The Kier molecular flexibility index (Phi) is 8.71. The molecule has 8 atom stereocenters. The van der Waals surface area contributed by atoms with Crippen LogP contribution in [0.2, 0.25) is 0 Å². The summed E-state index contributed by atoms with van der Waals surface area (Å²) in [7, 11) is 0. The van der Waals surface area contributed by atoms with Crippen LogP contribution in [0.15, 0.2) is 53.6 Å². The van der Waals surface area contributed by atoms with Gasteiger partial charge >= 0.3 is 23.9 Å². The van der Waals surface area contributed by atoms with E-state index in [1.54, 1.807) is 25.1 Å². The molecule has 238 valence electrons. The van der Waals surface area contributed by atoms with E-state index in [0.717, 1.165) is 13.8 Å². The van der Waals surface area contributed by atoms with Gasteiger partial charge in [0.25, 0.3) is 0 Å². The minimum Gasteiger partial charge on any atom is -0.462 e. The number of ether oxygens (including phenoxy) is 4. The molecule has 4 rings (SSSR count). The molecule has 1 aromatic rings. The molecule has 0 aromatic heterocycles. The number of benzene rings is 1. The number of hydrogen-bond acceptors (Lipinski definition) is 11. The quantitative estimate of drug-likeness (QED) is 0.276. The van der Waals surface area contributed by atoms with E-state index in [2.05, 4.69) is 6.58 Å². The Morgan fingerprint density at radius 2 is 1.48 bits per heavy atom. The number of carbonyl (C=O) groups is 5. The highest BCUT2D eigenvalue weighted by Gasteiger charge is 2.74. The number of hydrogen-bond donors (Lipinski definition) is 2. The number of Topliss-reactive ketones (excluding diaryl/α,β-unsaturated/α-hetero) is 1. The Morgan fingerprint density at radius 1 is 0.932 bits per heavy atom. The first-order valence-corrected chi connectivity index (χ1v) is 14.5. The van der Waals surface area contributed by atoms with Crippen molar-refractivity contribution >= 4 is 29.7 Å². The Morgan fingerprint density at radius 3 is 2.00 bits per heavy atom. The Hall–Kier alpha value is -3.83. The summed E-state index contributed by atoms with van der Waals surface area (Å²) in [6.45, 7) is 13.7. The van der Waals surface area contributed by atoms with Crippen molar-refractivity contribution in [3.63, 3.8) is 0 Å². The molecule has 0 unspecified atom stereocenters. The van der Waals surface area contributed by atoms with Crippen LogP contribution in [0.3, 0.4) is 0 Å². The topological polar surface area (TPSA) is 163 Å². The fourth-order valence-electron chi connectivity index (χ4n) is 7.61. The van der Waals surface area contributed by atoms with Gasteiger partial charge in [-0.2, -0.15) is 0 Å². The molecule has 2 N–H and O–H groups in total. The van der Waals surface area contributed by atoms with E-state index in [-0.39, 0.29) is 35.1 Å². The van der Waals surface area contributed by atoms with Crippen LogP contribution >= 0.6 is 0 Å². The molecule has 0 bridgehead atoms. The second-order valence-electron chi connectivity index (χ2n) is 12.7. The minimum absolute atomic E-state index is 0.108. The average Bonchev–Trinajstić information content (AvgIpc) is 3.15. The van der Waals surface area contributed by atoms with Crippen LogP contribution < -0.4 is 0 Å². The van der Waals surface area contributed by atoms with Gasteiger partial charge in [-0.05, 0) is 49.6 Å². The van der Waals surface area contributed by atoms with Crippen molar-refractivity contribution in [3.05, 3.63) is 59.2 Å². The number of carbonyl (C=O) groups excluding carboxylic acids is 5. The third kappa shape index (κ3) is 5.26. The van der Waals surface area contributed by atoms with Crippen LogP contribution in [0.25, 0.3) is 0 Å². The standard InChI is InChI=1S/C33H40O11/c1-16-22(37)14-24(41-18(3)34)32(8)26(16)28(42-19(4)35)33(31(6,7)40)15-23(38)17(2)25(33)27(29(32)43-20(5)36)44-30(39)21-12-10-9-11-13-21/h9-13,22,24,26-29,37,40H,1,14-15H2,2-8H3/t22-,24+,26+,27-,28-,29+,32-,33+/m1/s1. The molecule has 0 amide bonds. The van der Waals surface area contributed by atoms with Crippen LogP contribution in [0.4, 0.5) is 0 Å². The first-order valence-electron chi connectivity index (χ1n) is 14.5. The van der Waals surface area contributed by atoms with E-state index in [4.69, 9.17) is 18.9 Å². The van der Waals surface area contributed by atoms with Gasteiger partial charge in [-0.1, -0.05) is 31.7 Å². The van der Waals surface area contributed by atoms with Crippen molar-refractivity contribution in [2.45, 2.75) is 97.4 Å². The summed E-state index contributed by atoms with van der Waals surface area (Å²) in [5.74, 6) is -4.66. The first-order chi connectivity index (χ1) is 20.4. The molecule has 0 spiro atoms. The average molecular weight is 613 g/mol. The summed E-state index contributed by atoms with van der Waals surface area (Å²) in [5, 5.41) is 23.3. The van der Waals surface area contributed by atoms with E-state index >= 15 is 0 Å². The highest BCUT2D eigenvalue weighted by Crippen LogP contribution is 2.65. The lowest BCUT2D eigenvalue weighted by molar-refractivity contribution is -0.212. The number of rotatable bonds is 6. The molecule has 11 heteroatoms. The van der Waals surface area contributed by atoms with Crippen molar-refractivity contribution in [2.75, 3.05) is 0 Å². The molecule has 2 saturated carbocycles. The smallest absolute Gasteiger partial charge is 0.338 e. The number of ketones is 1. The number of aliphatic hydroxyl groups excluding tert-OH is 1. The SMILES string of the molecule is C=C1[C@H](O)C[C@H](OC(C)=O)[C@@]2(C)[C@@H](OC(C)=O)[C@H](OC(=O)c3ccccc3)C3=C(C)C(=O)C[C@@]3(C(C)(C)O)[C@H](OC(C)=O)[C@H]12. The van der Waals surface area contributed by atoms with Crippen LogP contribution in [0.5, 0.6) is 0 Å². The van der Waals surface area contributed by atoms with Crippen molar-refractivity contribution in [2.24, 2.45) is 16.7 Å². The van der Waals surface area contributed by atoms with Crippen molar-refractivity contribution in [1.82, 2.24) is 0 Å². The Bertz CT molecular complexity index is 1420. The van der Waals surface area contributed by atoms with Gasteiger partial charge in [-0.3, -0.25) is 19.2 Å². The zero-order valence-corrected chi connectivity index (χ0v) is 26.0. The van der Waals surface area contributed by atoms with Gasteiger partial charge < -0.3 is 29.2 Å². The molecule has 1 aromatic carbocycles.